The number of nitrogen functional groups attached to an aromatic ring is 1. The molecule has 2 heterocycles. The smallest absolute Gasteiger partial charge is 0.233 e. The molecule has 9 heteroatoms. The third-order valence-corrected chi connectivity index (χ3v) is 6.81. The van der Waals surface area contributed by atoms with Crippen molar-refractivity contribution >= 4 is 40.8 Å². The Labute approximate surface area is 195 Å². The molecule has 0 bridgehead atoms. The van der Waals surface area contributed by atoms with Gasteiger partial charge in [0.1, 0.15) is 0 Å². The predicted molar refractivity (Wildman–Crippen MR) is 133 cm³/mol. The first-order valence-corrected chi connectivity index (χ1v) is 12.3. The number of rotatable bonds is 8. The predicted octanol–water partition coefficient (Wildman–Crippen LogP) is 4.88. The molecule has 5 N–H and O–H groups in total. The van der Waals surface area contributed by atoms with Gasteiger partial charge in [0, 0.05) is 24.3 Å². The number of halogens is 1. The molecule has 1 aromatic carbocycles. The van der Waals surface area contributed by atoms with Crippen molar-refractivity contribution in [2.24, 2.45) is 0 Å². The first-order chi connectivity index (χ1) is 15.6. The number of benzene rings is 1. The topological polar surface area (TPSA) is 104 Å². The maximum atomic E-state index is 6.19. The van der Waals surface area contributed by atoms with E-state index < -0.39 is 0 Å². The summed E-state index contributed by atoms with van der Waals surface area (Å²) in [6, 6.07) is 6.34. The molecule has 1 aliphatic carbocycles. The summed E-state index contributed by atoms with van der Waals surface area (Å²) in [4.78, 5) is 16.5. The first kappa shape index (κ1) is 22.9. The average Bonchev–Trinajstić information content (AvgIpc) is 3.09. The highest BCUT2D eigenvalue weighted by Crippen LogP contribution is 2.26. The quantitative estimate of drug-likeness (QED) is 0.327. The molecular weight excluding hydrogens is 424 g/mol. The van der Waals surface area contributed by atoms with Gasteiger partial charge in [-0.2, -0.15) is 15.0 Å². The summed E-state index contributed by atoms with van der Waals surface area (Å²) in [7, 11) is 0. The van der Waals surface area contributed by atoms with E-state index in [-0.39, 0.29) is 0 Å². The van der Waals surface area contributed by atoms with Crippen LogP contribution in [0.25, 0.3) is 0 Å². The number of nitrogens with two attached hydrogens (primary N) is 1. The van der Waals surface area contributed by atoms with Crippen molar-refractivity contribution in [3.63, 3.8) is 0 Å². The van der Waals surface area contributed by atoms with E-state index in [4.69, 9.17) is 22.3 Å². The molecule has 2 fully saturated rings. The Morgan fingerprint density at radius 1 is 1.00 bits per heavy atom. The summed E-state index contributed by atoms with van der Waals surface area (Å²) in [5, 5.41) is 10.8. The van der Waals surface area contributed by atoms with Crippen molar-refractivity contribution in [3.05, 3.63) is 23.2 Å². The molecule has 1 saturated carbocycles. The minimum absolute atomic E-state index is 0.400. The Hall–Kier alpha value is -2.32. The Morgan fingerprint density at radius 2 is 1.75 bits per heavy atom. The number of aromatic nitrogens is 3. The highest BCUT2D eigenvalue weighted by Gasteiger charge is 2.23. The van der Waals surface area contributed by atoms with Crippen molar-refractivity contribution in [2.45, 2.75) is 70.4 Å². The monoisotopic (exact) mass is 458 g/mol. The van der Waals surface area contributed by atoms with Crippen molar-refractivity contribution in [1.82, 2.24) is 19.9 Å². The summed E-state index contributed by atoms with van der Waals surface area (Å²) >= 11 is 6.19. The van der Waals surface area contributed by atoms with Gasteiger partial charge in [-0.25, -0.2) is 0 Å². The van der Waals surface area contributed by atoms with Crippen molar-refractivity contribution in [2.75, 3.05) is 41.3 Å². The normalized spacial score (nSPS) is 20.1. The van der Waals surface area contributed by atoms with E-state index >= 15 is 0 Å². The van der Waals surface area contributed by atoms with Crippen LogP contribution in [0.5, 0.6) is 0 Å². The molecule has 0 spiro atoms. The summed E-state index contributed by atoms with van der Waals surface area (Å²) in [5.74, 6) is 1.68. The summed E-state index contributed by atoms with van der Waals surface area (Å²) in [6.45, 7) is 5.28. The average molecular weight is 459 g/mol. The zero-order valence-corrected chi connectivity index (χ0v) is 19.7. The molecule has 4 rings (SSSR count). The Morgan fingerprint density at radius 3 is 2.50 bits per heavy atom. The second-order valence-corrected chi connectivity index (χ2v) is 9.21. The number of likely N-dealkylation sites (tertiary alicyclic amines) is 1. The number of nitrogens with one attached hydrogen (secondary N) is 3. The van der Waals surface area contributed by atoms with Crippen molar-refractivity contribution in [3.8, 4) is 0 Å². The van der Waals surface area contributed by atoms with E-state index in [1.807, 2.05) is 6.07 Å². The Balaban J connectivity index is 1.51. The van der Waals surface area contributed by atoms with Crippen LogP contribution in [0.3, 0.4) is 0 Å². The van der Waals surface area contributed by atoms with Crippen LogP contribution < -0.4 is 21.7 Å². The van der Waals surface area contributed by atoms with Crippen LogP contribution in [0.4, 0.5) is 29.2 Å². The lowest BCUT2D eigenvalue weighted by atomic mass is 10.1. The van der Waals surface area contributed by atoms with Gasteiger partial charge in [0.2, 0.25) is 17.8 Å². The van der Waals surface area contributed by atoms with Gasteiger partial charge in [-0.1, -0.05) is 44.2 Å². The van der Waals surface area contributed by atoms with Gasteiger partial charge >= 0.3 is 0 Å². The van der Waals surface area contributed by atoms with Gasteiger partial charge in [0.15, 0.2) is 0 Å². The van der Waals surface area contributed by atoms with Gasteiger partial charge < -0.3 is 21.7 Å². The lowest BCUT2D eigenvalue weighted by molar-refractivity contribution is 0.277. The molecule has 0 radical (unpaired) electrons. The fraction of sp³-hybridized carbons (Fsp3) is 0.609. The van der Waals surface area contributed by atoms with Crippen LogP contribution in [0.15, 0.2) is 18.2 Å². The molecule has 0 amide bonds. The van der Waals surface area contributed by atoms with E-state index in [1.165, 1.54) is 45.1 Å². The zero-order valence-electron chi connectivity index (χ0n) is 18.9. The molecule has 1 aliphatic heterocycles. The summed E-state index contributed by atoms with van der Waals surface area (Å²) in [6.07, 6.45) is 9.86. The molecular formula is C23H35ClN8. The highest BCUT2D eigenvalue weighted by molar-refractivity contribution is 6.33. The highest BCUT2D eigenvalue weighted by atomic mass is 35.5. The van der Waals surface area contributed by atoms with E-state index in [9.17, 15) is 0 Å². The first-order valence-electron chi connectivity index (χ1n) is 11.9. The van der Waals surface area contributed by atoms with Crippen LogP contribution in [-0.2, 0) is 0 Å². The molecule has 1 atom stereocenters. The third kappa shape index (κ3) is 6.13. The largest absolute Gasteiger partial charge is 0.398 e. The van der Waals surface area contributed by atoms with E-state index in [1.54, 1.807) is 12.1 Å². The van der Waals surface area contributed by atoms with Gasteiger partial charge in [-0.3, -0.25) is 4.90 Å². The van der Waals surface area contributed by atoms with Gasteiger partial charge in [-0.15, -0.1) is 0 Å². The van der Waals surface area contributed by atoms with Crippen LogP contribution in [0.2, 0.25) is 5.02 Å². The SMILES string of the molecule is CCN1CCCC1CNc1nc(Nc2ccc(N)c(Cl)c2)nc(NC2CCCCCC2)n1. The number of nitrogens with zero attached hydrogens (tertiary/aromatic N) is 4. The minimum atomic E-state index is 0.400. The third-order valence-electron chi connectivity index (χ3n) is 6.48. The molecule has 1 saturated heterocycles. The van der Waals surface area contributed by atoms with Crippen LogP contribution in [0, 0.1) is 0 Å². The zero-order chi connectivity index (χ0) is 22.3. The number of anilines is 5. The van der Waals surface area contributed by atoms with Crippen molar-refractivity contribution in [1.29, 1.82) is 0 Å². The fourth-order valence-corrected chi connectivity index (χ4v) is 4.85. The Bertz CT molecular complexity index is 884. The van der Waals surface area contributed by atoms with Gasteiger partial charge in [0.05, 0.1) is 10.7 Å². The molecule has 32 heavy (non-hydrogen) atoms. The molecule has 8 nitrogen and oxygen atoms in total. The van der Waals surface area contributed by atoms with Gasteiger partial charge in [-0.05, 0) is 57.0 Å². The summed E-state index contributed by atoms with van der Waals surface area (Å²) < 4.78 is 0. The maximum absolute atomic E-state index is 6.19. The Kier molecular flexibility index (Phi) is 7.86. The molecule has 2 aliphatic rings. The molecule has 174 valence electrons. The fourth-order valence-electron chi connectivity index (χ4n) is 4.67. The van der Waals surface area contributed by atoms with E-state index in [2.05, 4.69) is 37.7 Å². The van der Waals surface area contributed by atoms with Crippen LogP contribution in [-0.4, -0.2) is 51.6 Å². The maximum Gasteiger partial charge on any atom is 0.233 e. The second-order valence-electron chi connectivity index (χ2n) is 8.81. The molecule has 1 unspecified atom stereocenters. The minimum Gasteiger partial charge on any atom is -0.398 e. The van der Waals surface area contributed by atoms with Gasteiger partial charge in [0.25, 0.3) is 0 Å². The lowest BCUT2D eigenvalue weighted by Gasteiger charge is -2.23. The summed E-state index contributed by atoms with van der Waals surface area (Å²) in [5.41, 5.74) is 7.18. The second kappa shape index (κ2) is 11.0. The number of hydrogen-bond donors (Lipinski definition) is 4. The van der Waals surface area contributed by atoms with Crippen molar-refractivity contribution < 1.29 is 0 Å². The molecule has 1 aromatic heterocycles. The number of hydrogen-bond acceptors (Lipinski definition) is 8. The van der Waals surface area contributed by atoms with Crippen LogP contribution >= 0.6 is 11.6 Å². The molecule has 2 aromatic rings. The van der Waals surface area contributed by atoms with E-state index in [0.29, 0.717) is 40.6 Å². The lowest BCUT2D eigenvalue weighted by Crippen LogP contribution is -2.35. The number of likely N-dealkylation sites (N-methyl/N-ethyl adjacent to an activating group) is 1. The standard InChI is InChI=1S/C23H35ClN8/c1-2-32-13-7-10-18(32)15-26-21-29-22(27-16-8-5-3-4-6-9-16)31-23(30-21)28-17-11-12-20(25)19(24)14-17/h11-12,14,16,18H,2-10,13,15,25H2,1H3,(H3,26,27,28,29,30,31). The van der Waals surface area contributed by atoms with E-state index in [0.717, 1.165) is 31.6 Å². The van der Waals surface area contributed by atoms with Crippen LogP contribution in [0.1, 0.15) is 58.3 Å².